The number of esters is 1. The minimum absolute atomic E-state index is 0.0310. The number of carbonyl (C=O) groups excluding carboxylic acids is 3. The van der Waals surface area contributed by atoms with Gasteiger partial charge in [0.1, 0.15) is 18.0 Å². The summed E-state index contributed by atoms with van der Waals surface area (Å²) in [4.78, 5) is 40.0. The number of carbonyl (C=O) groups is 3. The highest BCUT2D eigenvalue weighted by Gasteiger charge is 2.26. The van der Waals surface area contributed by atoms with Crippen LogP contribution in [0.4, 0.5) is 0 Å². The minimum atomic E-state index is -0.546. The van der Waals surface area contributed by atoms with Gasteiger partial charge in [0.15, 0.2) is 0 Å². The first-order valence-corrected chi connectivity index (χ1v) is 10.3. The third kappa shape index (κ3) is 7.67. The number of nitrogen functional groups attached to an aromatic ring is 1. The highest BCUT2D eigenvalue weighted by Crippen LogP contribution is 2.15. The zero-order valence-electron chi connectivity index (χ0n) is 18.6. The van der Waals surface area contributed by atoms with Gasteiger partial charge in [0, 0.05) is 31.3 Å². The van der Waals surface area contributed by atoms with Crippen LogP contribution in [0.1, 0.15) is 49.5 Å². The lowest BCUT2D eigenvalue weighted by Gasteiger charge is -2.33. The molecule has 1 aromatic carbocycles. The highest BCUT2D eigenvalue weighted by atomic mass is 16.6. The van der Waals surface area contributed by atoms with Crippen LogP contribution >= 0.6 is 0 Å². The quantitative estimate of drug-likeness (QED) is 0.381. The van der Waals surface area contributed by atoms with Crippen molar-refractivity contribution >= 4 is 23.6 Å². The maximum Gasteiger partial charge on any atom is 0.332 e. The molecule has 2 rings (SSSR count). The number of ether oxygens (including phenoxy) is 2. The third-order valence-corrected chi connectivity index (χ3v) is 4.81. The molecule has 1 aromatic rings. The summed E-state index contributed by atoms with van der Waals surface area (Å²) in [6, 6.07) is 6.39. The van der Waals surface area contributed by atoms with E-state index in [2.05, 4.69) is 0 Å². The first-order valence-electron chi connectivity index (χ1n) is 10.3. The summed E-state index contributed by atoms with van der Waals surface area (Å²) in [5, 5.41) is 7.40. The fraction of sp³-hybridized carbons (Fsp3) is 0.545. The van der Waals surface area contributed by atoms with E-state index in [9.17, 15) is 14.4 Å². The minimum Gasteiger partial charge on any atom is -0.458 e. The number of amidine groups is 1. The Morgan fingerprint density at radius 2 is 1.68 bits per heavy atom. The lowest BCUT2D eigenvalue weighted by atomic mass is 10.1. The molecule has 1 saturated heterocycles. The summed E-state index contributed by atoms with van der Waals surface area (Å²) in [6.45, 7) is 6.29. The maximum atomic E-state index is 12.6. The number of nitrogens with zero attached hydrogens (tertiary/aromatic N) is 2. The monoisotopic (exact) mass is 432 g/mol. The maximum absolute atomic E-state index is 12.6. The smallest absolute Gasteiger partial charge is 0.332 e. The Hall–Kier alpha value is -2.94. The lowest BCUT2D eigenvalue weighted by Crippen LogP contribution is -2.46. The largest absolute Gasteiger partial charge is 0.458 e. The average molecular weight is 433 g/mol. The Kier molecular flexibility index (Phi) is 8.15. The standard InChI is InChI=1S/C22H32N4O5/c1-22(2,3)31-19(28)14-30-17-9-11-26(12-10-17)18(27)13-25(4)21(29)16-7-5-15(6-8-16)20(23)24/h5-8,17H,9-14H2,1-4H3,(H3,23,24). The second kappa shape index (κ2) is 10.4. The normalized spacial score (nSPS) is 14.8. The molecule has 0 saturated carbocycles. The molecule has 1 aliphatic rings. The van der Waals surface area contributed by atoms with E-state index >= 15 is 0 Å². The van der Waals surface area contributed by atoms with Gasteiger partial charge in [-0.05, 0) is 45.7 Å². The molecule has 0 aromatic heterocycles. The molecule has 1 aliphatic heterocycles. The van der Waals surface area contributed by atoms with Crippen LogP contribution < -0.4 is 5.73 Å². The highest BCUT2D eigenvalue weighted by molar-refractivity contribution is 5.99. The van der Waals surface area contributed by atoms with Crippen molar-refractivity contribution in [2.75, 3.05) is 33.3 Å². The third-order valence-electron chi connectivity index (χ3n) is 4.81. The van der Waals surface area contributed by atoms with E-state index in [1.54, 1.807) is 57.0 Å². The Morgan fingerprint density at radius 1 is 1.13 bits per heavy atom. The van der Waals surface area contributed by atoms with E-state index in [1.165, 1.54) is 4.90 Å². The molecule has 0 unspecified atom stereocenters. The molecule has 3 N–H and O–H groups in total. The molecule has 31 heavy (non-hydrogen) atoms. The first kappa shape index (κ1) is 24.3. The van der Waals surface area contributed by atoms with Gasteiger partial charge in [-0.2, -0.15) is 0 Å². The molecular weight excluding hydrogens is 400 g/mol. The van der Waals surface area contributed by atoms with Crippen LogP contribution in [0.25, 0.3) is 0 Å². The van der Waals surface area contributed by atoms with Crippen LogP contribution in [0.15, 0.2) is 24.3 Å². The van der Waals surface area contributed by atoms with Gasteiger partial charge >= 0.3 is 5.97 Å². The van der Waals surface area contributed by atoms with Crippen molar-refractivity contribution < 1.29 is 23.9 Å². The molecule has 0 aliphatic carbocycles. The fourth-order valence-electron chi connectivity index (χ4n) is 3.22. The molecule has 1 heterocycles. The van der Waals surface area contributed by atoms with Crippen LogP contribution in [0, 0.1) is 5.41 Å². The number of likely N-dealkylation sites (N-methyl/N-ethyl adjacent to an activating group) is 1. The Bertz CT molecular complexity index is 808. The second-order valence-electron chi connectivity index (χ2n) is 8.63. The summed E-state index contributed by atoms with van der Waals surface area (Å²) in [7, 11) is 1.58. The van der Waals surface area contributed by atoms with E-state index in [-0.39, 0.29) is 36.9 Å². The molecule has 0 spiro atoms. The molecule has 0 radical (unpaired) electrons. The van der Waals surface area contributed by atoms with E-state index in [4.69, 9.17) is 20.6 Å². The van der Waals surface area contributed by atoms with Crippen molar-refractivity contribution in [3.8, 4) is 0 Å². The summed E-state index contributed by atoms with van der Waals surface area (Å²) in [5.74, 6) is -0.885. The molecule has 9 nitrogen and oxygen atoms in total. The number of piperidine rings is 1. The fourth-order valence-corrected chi connectivity index (χ4v) is 3.22. The van der Waals surface area contributed by atoms with Crippen LogP contribution in [0.5, 0.6) is 0 Å². The topological polar surface area (TPSA) is 126 Å². The Labute approximate surface area is 183 Å². The Morgan fingerprint density at radius 3 is 2.19 bits per heavy atom. The average Bonchev–Trinajstić information content (AvgIpc) is 2.70. The van der Waals surface area contributed by atoms with Crippen LogP contribution in [0.2, 0.25) is 0 Å². The second-order valence-corrected chi connectivity index (χ2v) is 8.63. The van der Waals surface area contributed by atoms with Crippen molar-refractivity contribution in [2.45, 2.75) is 45.3 Å². The Balaban J connectivity index is 1.77. The number of hydrogen-bond donors (Lipinski definition) is 2. The van der Waals surface area contributed by atoms with Crippen LogP contribution in [-0.4, -0.2) is 78.4 Å². The molecule has 0 atom stereocenters. The number of rotatable bonds is 7. The van der Waals surface area contributed by atoms with Crippen molar-refractivity contribution in [1.29, 1.82) is 5.41 Å². The first-order chi connectivity index (χ1) is 14.5. The van der Waals surface area contributed by atoms with Gasteiger partial charge in [-0.15, -0.1) is 0 Å². The molecule has 0 bridgehead atoms. The zero-order valence-corrected chi connectivity index (χ0v) is 18.6. The molecular formula is C22H32N4O5. The van der Waals surface area contributed by atoms with Crippen molar-refractivity contribution in [3.63, 3.8) is 0 Å². The summed E-state index contributed by atoms with van der Waals surface area (Å²) in [5.41, 5.74) is 5.84. The van der Waals surface area contributed by atoms with Crippen LogP contribution in [0.3, 0.4) is 0 Å². The lowest BCUT2D eigenvalue weighted by molar-refractivity contribution is -0.163. The van der Waals surface area contributed by atoms with Crippen LogP contribution in [-0.2, 0) is 19.1 Å². The SMILES string of the molecule is CN(CC(=O)N1CCC(OCC(=O)OC(C)(C)C)CC1)C(=O)c1ccc(C(=N)N)cc1. The molecule has 170 valence electrons. The van der Waals surface area contributed by atoms with Gasteiger partial charge in [-0.1, -0.05) is 12.1 Å². The number of likely N-dealkylation sites (tertiary alicyclic amines) is 1. The number of nitrogens with one attached hydrogen (secondary N) is 1. The summed E-state index contributed by atoms with van der Waals surface area (Å²) >= 11 is 0. The van der Waals surface area contributed by atoms with Crippen molar-refractivity contribution in [3.05, 3.63) is 35.4 Å². The van der Waals surface area contributed by atoms with Gasteiger partial charge < -0.3 is 25.0 Å². The van der Waals surface area contributed by atoms with E-state index < -0.39 is 11.6 Å². The predicted molar refractivity (Wildman–Crippen MR) is 116 cm³/mol. The molecule has 1 fully saturated rings. The van der Waals surface area contributed by atoms with Crippen molar-refractivity contribution in [1.82, 2.24) is 9.80 Å². The van der Waals surface area contributed by atoms with E-state index in [1.807, 2.05) is 0 Å². The van der Waals surface area contributed by atoms with Gasteiger partial charge in [-0.25, -0.2) is 4.79 Å². The number of amides is 2. The van der Waals surface area contributed by atoms with Gasteiger partial charge in [0.25, 0.3) is 5.91 Å². The number of hydrogen-bond acceptors (Lipinski definition) is 6. The van der Waals surface area contributed by atoms with Gasteiger partial charge in [0.2, 0.25) is 5.91 Å². The summed E-state index contributed by atoms with van der Waals surface area (Å²) < 4.78 is 10.8. The molecule has 9 heteroatoms. The number of benzene rings is 1. The van der Waals surface area contributed by atoms with Gasteiger partial charge in [-0.3, -0.25) is 15.0 Å². The summed E-state index contributed by atoms with van der Waals surface area (Å²) in [6.07, 6.45) is 1.15. The van der Waals surface area contributed by atoms with E-state index in [0.717, 1.165) is 0 Å². The molecule has 2 amide bonds. The zero-order chi connectivity index (χ0) is 23.2. The van der Waals surface area contributed by atoms with E-state index in [0.29, 0.717) is 37.1 Å². The predicted octanol–water partition coefficient (Wildman–Crippen LogP) is 1.39. The van der Waals surface area contributed by atoms with Gasteiger partial charge in [0.05, 0.1) is 12.6 Å². The number of nitrogens with two attached hydrogens (primary N) is 1. The van der Waals surface area contributed by atoms with Crippen molar-refractivity contribution in [2.24, 2.45) is 5.73 Å².